The van der Waals surface area contributed by atoms with E-state index in [9.17, 15) is 4.79 Å². The van der Waals surface area contributed by atoms with Gasteiger partial charge in [-0.25, -0.2) is 0 Å². The molecule has 1 amide bonds. The molecule has 1 aromatic heterocycles. The Morgan fingerprint density at radius 3 is 2.89 bits per heavy atom. The lowest BCUT2D eigenvalue weighted by molar-refractivity contribution is -0.116. The fraction of sp³-hybridized carbons (Fsp3) is 0.214. The van der Waals surface area contributed by atoms with Crippen LogP contribution in [0.2, 0.25) is 0 Å². The molecule has 98 valence electrons. The van der Waals surface area contributed by atoms with Crippen molar-refractivity contribution in [3.63, 3.8) is 0 Å². The molecule has 2 heterocycles. The summed E-state index contributed by atoms with van der Waals surface area (Å²) in [5.41, 5.74) is 8.70. The van der Waals surface area contributed by atoms with E-state index in [0.717, 1.165) is 33.2 Å². The van der Waals surface area contributed by atoms with Crippen molar-refractivity contribution in [3.05, 3.63) is 35.8 Å². The number of nitrogens with two attached hydrogens (primary N) is 1. The van der Waals surface area contributed by atoms with E-state index in [1.54, 1.807) is 18.0 Å². The highest BCUT2D eigenvalue weighted by atomic mass is 32.2. The maximum absolute atomic E-state index is 11.4. The van der Waals surface area contributed by atoms with E-state index in [1.165, 1.54) is 0 Å². The molecule has 0 fully saturated rings. The van der Waals surface area contributed by atoms with Gasteiger partial charge in [-0.15, -0.1) is 0 Å². The highest BCUT2D eigenvalue weighted by Gasteiger charge is 2.17. The fourth-order valence-electron chi connectivity index (χ4n) is 2.11. The summed E-state index contributed by atoms with van der Waals surface area (Å²) in [6, 6.07) is 5.83. The number of amides is 1. The van der Waals surface area contributed by atoms with Crippen LogP contribution in [-0.4, -0.2) is 5.91 Å². The Morgan fingerprint density at radius 1 is 1.32 bits per heavy atom. The average Bonchev–Trinajstić information content (AvgIpc) is 2.76. The van der Waals surface area contributed by atoms with Crippen molar-refractivity contribution in [1.82, 2.24) is 0 Å². The molecule has 1 aromatic carbocycles. The van der Waals surface area contributed by atoms with E-state index in [4.69, 9.17) is 10.2 Å². The van der Waals surface area contributed by atoms with Gasteiger partial charge in [0.2, 0.25) is 5.91 Å². The summed E-state index contributed by atoms with van der Waals surface area (Å²) in [6.45, 7) is 1.93. The third-order valence-corrected chi connectivity index (χ3v) is 4.38. The highest BCUT2D eigenvalue weighted by molar-refractivity contribution is 7.99. The number of nitrogen functional groups attached to an aromatic ring is 1. The SMILES string of the molecule is Cc1occc1Sc1cc2c(cc1N)NC(=O)CC2. The summed E-state index contributed by atoms with van der Waals surface area (Å²) in [5.74, 6) is 0.938. The summed E-state index contributed by atoms with van der Waals surface area (Å²) in [7, 11) is 0. The molecule has 19 heavy (non-hydrogen) atoms. The van der Waals surface area contributed by atoms with Crippen LogP contribution in [-0.2, 0) is 11.2 Å². The van der Waals surface area contributed by atoms with Crippen LogP contribution >= 0.6 is 11.8 Å². The first-order valence-corrected chi connectivity index (χ1v) is 6.89. The molecular weight excluding hydrogens is 260 g/mol. The molecule has 0 saturated carbocycles. The van der Waals surface area contributed by atoms with Crippen molar-refractivity contribution in [2.45, 2.75) is 29.6 Å². The van der Waals surface area contributed by atoms with Gasteiger partial charge < -0.3 is 15.5 Å². The molecule has 0 radical (unpaired) electrons. The van der Waals surface area contributed by atoms with E-state index in [2.05, 4.69) is 11.4 Å². The second-order valence-electron chi connectivity index (χ2n) is 4.54. The van der Waals surface area contributed by atoms with Crippen LogP contribution in [0.25, 0.3) is 0 Å². The topological polar surface area (TPSA) is 68.3 Å². The van der Waals surface area contributed by atoms with E-state index >= 15 is 0 Å². The lowest BCUT2D eigenvalue weighted by Gasteiger charge is -2.18. The molecule has 2 aromatic rings. The largest absolute Gasteiger partial charge is 0.468 e. The van der Waals surface area contributed by atoms with Crippen LogP contribution in [0, 0.1) is 6.92 Å². The molecule has 5 heteroatoms. The number of aryl methyl sites for hydroxylation is 2. The molecule has 0 atom stereocenters. The third-order valence-electron chi connectivity index (χ3n) is 3.16. The fourth-order valence-corrected chi connectivity index (χ4v) is 3.04. The van der Waals surface area contributed by atoms with E-state index in [0.29, 0.717) is 12.1 Å². The summed E-state index contributed by atoms with van der Waals surface area (Å²) in [6.07, 6.45) is 2.97. The Labute approximate surface area is 115 Å². The number of carbonyl (C=O) groups excluding carboxylic acids is 1. The maximum atomic E-state index is 11.4. The van der Waals surface area contributed by atoms with Crippen LogP contribution in [0.4, 0.5) is 11.4 Å². The first kappa shape index (κ1) is 12.2. The summed E-state index contributed by atoms with van der Waals surface area (Å²) >= 11 is 1.59. The minimum Gasteiger partial charge on any atom is -0.468 e. The Balaban J connectivity index is 1.95. The van der Waals surface area contributed by atoms with Gasteiger partial charge in [-0.1, -0.05) is 11.8 Å². The number of fused-ring (bicyclic) bond motifs is 1. The zero-order chi connectivity index (χ0) is 13.4. The second kappa shape index (κ2) is 4.66. The highest BCUT2D eigenvalue weighted by Crippen LogP contribution is 2.38. The predicted molar refractivity (Wildman–Crippen MR) is 75.4 cm³/mol. The lowest BCUT2D eigenvalue weighted by Crippen LogP contribution is -2.19. The molecule has 3 rings (SSSR count). The smallest absolute Gasteiger partial charge is 0.224 e. The third kappa shape index (κ3) is 2.33. The second-order valence-corrected chi connectivity index (χ2v) is 5.62. The molecule has 0 saturated heterocycles. The van der Waals surface area contributed by atoms with Crippen LogP contribution in [0.1, 0.15) is 17.7 Å². The van der Waals surface area contributed by atoms with Gasteiger partial charge in [-0.3, -0.25) is 4.79 Å². The number of anilines is 2. The van der Waals surface area contributed by atoms with Crippen molar-refractivity contribution >= 4 is 29.0 Å². The minimum absolute atomic E-state index is 0.0537. The summed E-state index contributed by atoms with van der Waals surface area (Å²) in [4.78, 5) is 13.4. The van der Waals surface area contributed by atoms with Crippen LogP contribution < -0.4 is 11.1 Å². The number of benzene rings is 1. The molecule has 1 aliphatic rings. The van der Waals surface area contributed by atoms with Gasteiger partial charge in [0.15, 0.2) is 0 Å². The van der Waals surface area contributed by atoms with Crippen molar-refractivity contribution in [3.8, 4) is 0 Å². The summed E-state index contributed by atoms with van der Waals surface area (Å²) < 4.78 is 5.28. The molecule has 3 N–H and O–H groups in total. The number of hydrogen-bond donors (Lipinski definition) is 2. The first-order chi connectivity index (χ1) is 9.13. The number of hydrogen-bond acceptors (Lipinski definition) is 4. The predicted octanol–water partition coefficient (Wildman–Crippen LogP) is 3.21. The molecule has 0 spiro atoms. The standard InChI is InChI=1S/C14H14N2O2S/c1-8-12(4-5-18-8)19-13-6-9-2-3-14(17)16-11(9)7-10(13)15/h4-7H,2-3,15H2,1H3,(H,16,17). The molecule has 0 bridgehead atoms. The van der Waals surface area contributed by atoms with Crippen molar-refractivity contribution in [1.29, 1.82) is 0 Å². The molecule has 1 aliphatic heterocycles. The molecule has 0 unspecified atom stereocenters. The van der Waals surface area contributed by atoms with Crippen molar-refractivity contribution in [2.75, 3.05) is 11.1 Å². The number of nitrogens with one attached hydrogen (secondary N) is 1. The van der Waals surface area contributed by atoms with Crippen LogP contribution in [0.15, 0.2) is 38.7 Å². The van der Waals surface area contributed by atoms with E-state index < -0.39 is 0 Å². The number of furan rings is 1. The average molecular weight is 274 g/mol. The summed E-state index contributed by atoms with van der Waals surface area (Å²) in [5, 5.41) is 2.85. The van der Waals surface area contributed by atoms with Gasteiger partial charge in [-0.05, 0) is 37.1 Å². The maximum Gasteiger partial charge on any atom is 0.224 e. The quantitative estimate of drug-likeness (QED) is 0.825. The minimum atomic E-state index is 0.0537. The van der Waals surface area contributed by atoms with Crippen molar-refractivity contribution in [2.24, 2.45) is 0 Å². The van der Waals surface area contributed by atoms with Gasteiger partial charge in [0.25, 0.3) is 0 Å². The van der Waals surface area contributed by atoms with Crippen LogP contribution in [0.5, 0.6) is 0 Å². The monoisotopic (exact) mass is 274 g/mol. The molecular formula is C14H14N2O2S. The van der Waals surface area contributed by atoms with Gasteiger partial charge in [-0.2, -0.15) is 0 Å². The Morgan fingerprint density at radius 2 is 2.16 bits per heavy atom. The Kier molecular flexibility index (Phi) is 2.98. The normalized spacial score (nSPS) is 14.1. The zero-order valence-corrected chi connectivity index (χ0v) is 11.3. The van der Waals surface area contributed by atoms with Gasteiger partial charge in [0.05, 0.1) is 11.2 Å². The molecule has 4 nitrogen and oxygen atoms in total. The van der Waals surface area contributed by atoms with Gasteiger partial charge in [0, 0.05) is 22.7 Å². The first-order valence-electron chi connectivity index (χ1n) is 6.07. The van der Waals surface area contributed by atoms with Gasteiger partial charge >= 0.3 is 0 Å². The Bertz CT molecular complexity index is 649. The van der Waals surface area contributed by atoms with Crippen LogP contribution in [0.3, 0.4) is 0 Å². The zero-order valence-electron chi connectivity index (χ0n) is 10.5. The number of carbonyl (C=O) groups is 1. The van der Waals surface area contributed by atoms with Crippen molar-refractivity contribution < 1.29 is 9.21 Å². The number of rotatable bonds is 2. The Hall–Kier alpha value is -1.88. The van der Waals surface area contributed by atoms with E-state index in [-0.39, 0.29) is 5.91 Å². The van der Waals surface area contributed by atoms with E-state index in [1.807, 2.05) is 19.1 Å². The lowest BCUT2D eigenvalue weighted by atomic mass is 10.0. The van der Waals surface area contributed by atoms with Gasteiger partial charge in [0.1, 0.15) is 5.76 Å². The molecule has 0 aliphatic carbocycles.